The van der Waals surface area contributed by atoms with E-state index in [0.29, 0.717) is 23.7 Å². The summed E-state index contributed by atoms with van der Waals surface area (Å²) < 4.78 is 0. The van der Waals surface area contributed by atoms with Gasteiger partial charge in [0.15, 0.2) is 5.78 Å². The number of amidine groups is 1. The first-order valence-electron chi connectivity index (χ1n) is 11.1. The first kappa shape index (κ1) is 21.1. The number of ketones is 1. The fourth-order valence-corrected chi connectivity index (χ4v) is 4.33. The molecule has 5 rings (SSSR count). The van der Waals surface area contributed by atoms with E-state index in [1.165, 1.54) is 18.8 Å². The second-order valence-electron chi connectivity index (χ2n) is 8.51. The zero-order valence-electron chi connectivity index (χ0n) is 18.8. The highest BCUT2D eigenvalue weighted by molar-refractivity contribution is 6.10. The average Bonchev–Trinajstić information content (AvgIpc) is 3.30. The Morgan fingerprint density at radius 2 is 1.91 bits per heavy atom. The van der Waals surface area contributed by atoms with Crippen LogP contribution in [0.25, 0.3) is 0 Å². The number of pyridine rings is 1. The second kappa shape index (κ2) is 8.67. The first-order chi connectivity index (χ1) is 16.0. The Labute approximate surface area is 192 Å². The molecule has 1 amide bonds. The minimum Gasteiger partial charge on any atom is -0.369 e. The Morgan fingerprint density at radius 1 is 1.09 bits per heavy atom. The number of hydrogen-bond acceptors (Lipinski definition) is 8. The highest BCUT2D eigenvalue weighted by Crippen LogP contribution is 2.33. The van der Waals surface area contributed by atoms with Gasteiger partial charge in [-0.15, -0.1) is 0 Å². The molecule has 0 bridgehead atoms. The summed E-state index contributed by atoms with van der Waals surface area (Å²) in [5.41, 5.74) is 3.63. The maximum atomic E-state index is 13.0. The normalized spacial score (nSPS) is 19.0. The number of rotatable bonds is 4. The lowest BCUT2D eigenvalue weighted by molar-refractivity contribution is -0.114. The Balaban J connectivity index is 1.40. The Hall–Kier alpha value is -3.72. The van der Waals surface area contributed by atoms with E-state index in [1.807, 2.05) is 0 Å². The molecule has 0 spiro atoms. The summed E-state index contributed by atoms with van der Waals surface area (Å²) in [6.07, 6.45) is 3.08. The summed E-state index contributed by atoms with van der Waals surface area (Å²) >= 11 is 0. The maximum Gasteiger partial charge on any atom is 0.222 e. The number of aromatic nitrogens is 1. The number of nitrogens with one attached hydrogen (secondary N) is 2. The molecular weight excluding hydrogens is 418 g/mol. The van der Waals surface area contributed by atoms with Crippen LogP contribution in [0, 0.1) is 0 Å². The van der Waals surface area contributed by atoms with E-state index in [4.69, 9.17) is 4.99 Å². The van der Waals surface area contributed by atoms with Crippen molar-refractivity contribution in [2.75, 3.05) is 61.8 Å². The number of carbonyl (C=O) groups is 2. The van der Waals surface area contributed by atoms with Crippen molar-refractivity contribution >= 4 is 34.7 Å². The molecule has 3 aliphatic rings. The van der Waals surface area contributed by atoms with Gasteiger partial charge in [-0.2, -0.15) is 0 Å². The molecule has 1 fully saturated rings. The molecule has 0 aliphatic carbocycles. The van der Waals surface area contributed by atoms with Crippen LogP contribution < -0.4 is 15.5 Å². The van der Waals surface area contributed by atoms with Crippen molar-refractivity contribution in [2.45, 2.75) is 6.92 Å². The predicted octanol–water partition coefficient (Wildman–Crippen LogP) is 2.00. The van der Waals surface area contributed by atoms with Gasteiger partial charge in [0.25, 0.3) is 0 Å². The quantitative estimate of drug-likeness (QED) is 0.549. The van der Waals surface area contributed by atoms with E-state index < -0.39 is 0 Å². The van der Waals surface area contributed by atoms with Gasteiger partial charge in [0.05, 0.1) is 12.2 Å². The predicted molar refractivity (Wildman–Crippen MR) is 129 cm³/mol. The van der Waals surface area contributed by atoms with Crippen LogP contribution in [0.15, 0.2) is 53.4 Å². The summed E-state index contributed by atoms with van der Waals surface area (Å²) in [5.74, 6) is 1.66. The fourth-order valence-electron chi connectivity index (χ4n) is 4.33. The molecule has 0 radical (unpaired) electrons. The number of aliphatic imine (C=N–C) groups is 1. The fraction of sp³-hybridized carbons (Fsp3) is 0.333. The third-order valence-corrected chi connectivity index (χ3v) is 6.13. The molecule has 2 aromatic rings. The van der Waals surface area contributed by atoms with Gasteiger partial charge < -0.3 is 25.3 Å². The van der Waals surface area contributed by atoms with Crippen LogP contribution >= 0.6 is 0 Å². The molecule has 4 heterocycles. The van der Waals surface area contributed by atoms with Gasteiger partial charge in [-0.3, -0.25) is 14.6 Å². The minimum absolute atomic E-state index is 0.163. The molecule has 0 unspecified atom stereocenters. The topological polar surface area (TPSA) is 93.2 Å². The molecule has 33 heavy (non-hydrogen) atoms. The van der Waals surface area contributed by atoms with Crippen LogP contribution in [0.3, 0.4) is 0 Å². The second-order valence-corrected chi connectivity index (χ2v) is 8.51. The van der Waals surface area contributed by atoms with Gasteiger partial charge >= 0.3 is 0 Å². The monoisotopic (exact) mass is 445 g/mol. The molecule has 9 nitrogen and oxygen atoms in total. The molecule has 0 saturated carbocycles. The molecule has 1 aromatic carbocycles. The van der Waals surface area contributed by atoms with E-state index >= 15 is 0 Å². The number of hydrogen-bond donors (Lipinski definition) is 2. The van der Waals surface area contributed by atoms with Crippen molar-refractivity contribution in [3.05, 3.63) is 59.6 Å². The Morgan fingerprint density at radius 3 is 2.64 bits per heavy atom. The van der Waals surface area contributed by atoms with Crippen molar-refractivity contribution in [3.63, 3.8) is 0 Å². The molecule has 170 valence electrons. The van der Waals surface area contributed by atoms with Gasteiger partial charge in [-0.1, -0.05) is 0 Å². The van der Waals surface area contributed by atoms with Gasteiger partial charge in [-0.05, 0) is 37.4 Å². The summed E-state index contributed by atoms with van der Waals surface area (Å²) in [6, 6.07) is 9.73. The molecule has 3 aliphatic heterocycles. The summed E-state index contributed by atoms with van der Waals surface area (Å²) in [5, 5.41) is 6.07. The van der Waals surface area contributed by atoms with Crippen molar-refractivity contribution in [1.82, 2.24) is 14.8 Å². The number of nitrogens with zero attached hydrogens (tertiary/aromatic N) is 5. The van der Waals surface area contributed by atoms with E-state index in [9.17, 15) is 9.59 Å². The van der Waals surface area contributed by atoms with Crippen LogP contribution in [-0.2, 0) is 4.79 Å². The molecule has 9 heteroatoms. The average molecular weight is 446 g/mol. The van der Waals surface area contributed by atoms with Gasteiger partial charge in [0, 0.05) is 68.7 Å². The molecule has 1 saturated heterocycles. The van der Waals surface area contributed by atoms with E-state index in [2.05, 4.69) is 55.6 Å². The smallest absolute Gasteiger partial charge is 0.222 e. The maximum absolute atomic E-state index is 13.0. The zero-order chi connectivity index (χ0) is 22.9. The Kier molecular flexibility index (Phi) is 5.55. The first-order valence-corrected chi connectivity index (χ1v) is 11.1. The molecule has 1 aromatic heterocycles. The number of anilines is 3. The van der Waals surface area contributed by atoms with E-state index in [0.717, 1.165) is 49.8 Å². The van der Waals surface area contributed by atoms with Crippen LogP contribution in [0.4, 0.5) is 17.2 Å². The standard InChI is InChI=1S/C24H27N7O2/c1-16(32)27-22-6-3-17(15-26-22)21(33)14-23-28-20-13-18(30-11-9-29(2)10-12-30)4-5-19(20)24-25-7-8-31(23)24/h3-6,13-15,28H,7-12H2,1-2H3,(H,26,27,32)/b23-14+. The summed E-state index contributed by atoms with van der Waals surface area (Å²) in [7, 11) is 2.15. The van der Waals surface area contributed by atoms with Gasteiger partial charge in [0.1, 0.15) is 17.5 Å². The van der Waals surface area contributed by atoms with Gasteiger partial charge in [-0.25, -0.2) is 4.98 Å². The minimum atomic E-state index is -0.203. The van der Waals surface area contributed by atoms with E-state index in [1.54, 1.807) is 18.2 Å². The van der Waals surface area contributed by atoms with Crippen molar-refractivity contribution in [2.24, 2.45) is 4.99 Å². The number of piperazine rings is 1. The number of carbonyl (C=O) groups excluding carboxylic acids is 2. The number of amides is 1. The van der Waals surface area contributed by atoms with Crippen LogP contribution in [0.5, 0.6) is 0 Å². The van der Waals surface area contributed by atoms with Crippen LogP contribution in [-0.4, -0.2) is 78.6 Å². The number of likely N-dealkylation sites (N-methyl/N-ethyl adjacent to an activating group) is 1. The highest BCUT2D eigenvalue weighted by atomic mass is 16.1. The third kappa shape index (κ3) is 4.31. The summed E-state index contributed by atoms with van der Waals surface area (Å²) in [6.45, 7) is 6.90. The number of allylic oxidation sites excluding steroid dienone is 1. The van der Waals surface area contributed by atoms with E-state index in [-0.39, 0.29) is 11.7 Å². The lowest BCUT2D eigenvalue weighted by atomic mass is 10.1. The van der Waals surface area contributed by atoms with Crippen molar-refractivity contribution < 1.29 is 9.59 Å². The largest absolute Gasteiger partial charge is 0.369 e. The SMILES string of the molecule is CC(=O)Nc1ccc(C(=O)/C=C2\Nc3cc(N4CCN(C)CC4)ccc3C3=NCCN32)cn1. The number of fused-ring (bicyclic) bond motifs is 3. The van der Waals surface area contributed by atoms with Crippen LogP contribution in [0.1, 0.15) is 22.8 Å². The lowest BCUT2D eigenvalue weighted by Gasteiger charge is -2.36. The van der Waals surface area contributed by atoms with Crippen molar-refractivity contribution in [3.8, 4) is 0 Å². The third-order valence-electron chi connectivity index (χ3n) is 6.13. The summed E-state index contributed by atoms with van der Waals surface area (Å²) in [4.78, 5) is 39.8. The zero-order valence-corrected chi connectivity index (χ0v) is 18.8. The molecular formula is C24H27N7O2. The highest BCUT2D eigenvalue weighted by Gasteiger charge is 2.30. The Bertz CT molecular complexity index is 1150. The molecule has 0 atom stereocenters. The molecule has 2 N–H and O–H groups in total. The van der Waals surface area contributed by atoms with Gasteiger partial charge in [0.2, 0.25) is 5.91 Å². The van der Waals surface area contributed by atoms with Crippen molar-refractivity contribution in [1.29, 1.82) is 0 Å². The number of benzene rings is 1. The lowest BCUT2D eigenvalue weighted by Crippen LogP contribution is -2.44. The van der Waals surface area contributed by atoms with Crippen LogP contribution in [0.2, 0.25) is 0 Å².